The summed E-state index contributed by atoms with van der Waals surface area (Å²) in [6, 6.07) is 14.3. The first-order valence-electron chi connectivity index (χ1n) is 11.7. The second-order valence-corrected chi connectivity index (χ2v) is 13.2. The molecule has 17 heteroatoms. The highest BCUT2D eigenvalue weighted by molar-refractivity contribution is 9.11. The van der Waals surface area contributed by atoms with E-state index in [9.17, 15) is 9.59 Å². The summed E-state index contributed by atoms with van der Waals surface area (Å²) in [6.07, 6.45) is 7.17. The minimum Gasteiger partial charge on any atom is -0.297 e. The Labute approximate surface area is 296 Å². The van der Waals surface area contributed by atoms with Crippen molar-refractivity contribution >= 4 is 122 Å². The summed E-state index contributed by atoms with van der Waals surface area (Å²) in [4.78, 5) is 39.6. The summed E-state index contributed by atoms with van der Waals surface area (Å²) in [5.74, 6) is 6.60. The molecule has 10 nitrogen and oxygen atoms in total. The minimum absolute atomic E-state index is 0.221. The molecule has 4 rings (SSSR count). The maximum absolute atomic E-state index is 12.3. The molecule has 0 unspecified atom stereocenters. The van der Waals surface area contributed by atoms with E-state index in [0.29, 0.717) is 37.5 Å². The largest absolute Gasteiger partial charge is 0.297 e. The van der Waals surface area contributed by atoms with Crippen LogP contribution in [0.4, 0.5) is 11.6 Å². The van der Waals surface area contributed by atoms with Gasteiger partial charge in [-0.2, -0.15) is 0 Å². The van der Waals surface area contributed by atoms with E-state index in [0.717, 1.165) is 13.4 Å². The fourth-order valence-corrected chi connectivity index (χ4v) is 5.70. The number of carbonyl (C=O) groups is 2. The number of thioether (sulfide) groups is 2. The number of hydrazine groups is 2. The summed E-state index contributed by atoms with van der Waals surface area (Å²) in [5, 5.41) is 3.92. The highest BCUT2D eigenvalue weighted by atomic mass is 79.9. The van der Waals surface area contributed by atoms with Gasteiger partial charge in [0.25, 0.3) is 11.1 Å². The summed E-state index contributed by atoms with van der Waals surface area (Å²) in [7, 11) is 3.46. The molecule has 0 bridgehead atoms. The molecule has 2 aromatic heterocycles. The highest BCUT2D eigenvalue weighted by Crippen LogP contribution is 2.25. The Morgan fingerprint density at radius 1 is 0.767 bits per heavy atom. The van der Waals surface area contributed by atoms with Gasteiger partial charge in [-0.1, -0.05) is 63.7 Å². The van der Waals surface area contributed by atoms with E-state index in [1.165, 1.54) is 28.5 Å². The van der Waals surface area contributed by atoms with E-state index in [4.69, 9.17) is 17.4 Å². The third-order valence-electron chi connectivity index (χ3n) is 4.90. The van der Waals surface area contributed by atoms with Crippen LogP contribution in [0.1, 0.15) is 20.7 Å². The van der Waals surface area contributed by atoms with Crippen molar-refractivity contribution in [1.82, 2.24) is 25.4 Å². The van der Waals surface area contributed by atoms with Crippen LogP contribution in [0.3, 0.4) is 0 Å². The van der Waals surface area contributed by atoms with Crippen molar-refractivity contribution in [2.75, 3.05) is 36.6 Å². The van der Waals surface area contributed by atoms with E-state index in [1.54, 1.807) is 55.8 Å². The number of rotatable bonds is 7. The van der Waals surface area contributed by atoms with Gasteiger partial charge in [-0.3, -0.25) is 25.0 Å². The van der Waals surface area contributed by atoms with Gasteiger partial charge in [0, 0.05) is 41.0 Å². The first kappa shape index (κ1) is 37.4. The van der Waals surface area contributed by atoms with Crippen molar-refractivity contribution in [2.45, 2.75) is 10.3 Å². The van der Waals surface area contributed by atoms with Crippen molar-refractivity contribution in [3.8, 4) is 0 Å². The average molecular weight is 901 g/mol. The first-order valence-corrected chi connectivity index (χ1v) is 17.7. The molecule has 0 spiro atoms. The lowest BCUT2D eigenvalue weighted by molar-refractivity contribution is 0.0949. The third kappa shape index (κ3) is 11.9. The van der Waals surface area contributed by atoms with Crippen LogP contribution in [0.5, 0.6) is 0 Å². The van der Waals surface area contributed by atoms with E-state index < -0.39 is 5.24 Å². The Morgan fingerprint density at radius 3 is 1.63 bits per heavy atom. The zero-order valence-corrected chi connectivity index (χ0v) is 31.8. The molecule has 0 aliphatic heterocycles. The monoisotopic (exact) mass is 896 g/mol. The van der Waals surface area contributed by atoms with Gasteiger partial charge >= 0.3 is 0 Å². The maximum atomic E-state index is 12.3. The SMILES string of the molecule is CSc1ncc(Br)c(N(C)N)n1.CSc1ncc(Br)c(N(C)NC(=O)c2ccccc2Br)n1.O=C(Cl)c1ccccc1Br. The molecule has 0 fully saturated rings. The molecule has 228 valence electrons. The number of anilines is 2. The molecule has 0 atom stereocenters. The number of benzene rings is 2. The van der Waals surface area contributed by atoms with Gasteiger partial charge in [-0.25, -0.2) is 25.8 Å². The van der Waals surface area contributed by atoms with Crippen LogP contribution < -0.4 is 21.3 Å². The normalized spacial score (nSPS) is 10.0. The zero-order chi connectivity index (χ0) is 32.1. The van der Waals surface area contributed by atoms with Crippen LogP contribution in [0.15, 0.2) is 89.1 Å². The van der Waals surface area contributed by atoms with Gasteiger partial charge in [0.05, 0.1) is 14.5 Å². The Bertz CT molecular complexity index is 1560. The van der Waals surface area contributed by atoms with Crippen LogP contribution in [-0.4, -0.2) is 57.7 Å². The van der Waals surface area contributed by atoms with Crippen molar-refractivity contribution in [3.05, 3.63) is 89.9 Å². The van der Waals surface area contributed by atoms with Gasteiger partial charge in [-0.15, -0.1) is 0 Å². The first-order chi connectivity index (χ1) is 20.4. The zero-order valence-electron chi connectivity index (χ0n) is 23.1. The molecule has 3 N–H and O–H groups in total. The fourth-order valence-electron chi connectivity index (χ4n) is 2.90. The molecule has 0 radical (unpaired) electrons. The summed E-state index contributed by atoms with van der Waals surface area (Å²) in [5.41, 5.74) is 3.84. The van der Waals surface area contributed by atoms with Gasteiger partial charge in [0.15, 0.2) is 21.9 Å². The number of halogens is 5. The van der Waals surface area contributed by atoms with Crippen LogP contribution >= 0.6 is 98.8 Å². The van der Waals surface area contributed by atoms with Crippen molar-refractivity contribution < 1.29 is 9.59 Å². The number of hydrogen-bond donors (Lipinski definition) is 2. The quantitative estimate of drug-likeness (QED) is 0.0626. The summed E-state index contributed by atoms with van der Waals surface area (Å²) >= 11 is 21.4. The Morgan fingerprint density at radius 2 is 1.21 bits per heavy atom. The smallest absolute Gasteiger partial charge is 0.270 e. The molecule has 2 aromatic carbocycles. The van der Waals surface area contributed by atoms with E-state index >= 15 is 0 Å². The predicted molar refractivity (Wildman–Crippen MR) is 190 cm³/mol. The molecule has 2 heterocycles. The van der Waals surface area contributed by atoms with E-state index in [-0.39, 0.29) is 5.91 Å². The topological polar surface area (TPSA) is 130 Å². The van der Waals surface area contributed by atoms with Crippen molar-refractivity contribution in [2.24, 2.45) is 5.84 Å². The lowest BCUT2D eigenvalue weighted by Gasteiger charge is -2.20. The summed E-state index contributed by atoms with van der Waals surface area (Å²) < 4.78 is 2.97. The van der Waals surface area contributed by atoms with Crippen LogP contribution in [0.2, 0.25) is 0 Å². The molecule has 0 saturated carbocycles. The van der Waals surface area contributed by atoms with Gasteiger partial charge in [0.1, 0.15) is 0 Å². The second kappa shape index (κ2) is 18.9. The molecule has 4 aromatic rings. The van der Waals surface area contributed by atoms with Crippen molar-refractivity contribution in [1.29, 1.82) is 0 Å². The third-order valence-corrected chi connectivity index (χ3v) is 8.73. The lowest BCUT2D eigenvalue weighted by atomic mass is 10.2. The number of hydrogen-bond acceptors (Lipinski definition) is 11. The highest BCUT2D eigenvalue weighted by Gasteiger charge is 2.15. The molecule has 0 aliphatic carbocycles. The molecule has 0 aliphatic rings. The number of carbonyl (C=O) groups excluding carboxylic acids is 2. The minimum atomic E-state index is -0.438. The number of amides is 1. The Kier molecular flexibility index (Phi) is 16.4. The average Bonchev–Trinajstić information content (AvgIpc) is 2.98. The number of nitrogens with one attached hydrogen (secondary N) is 1. The fraction of sp³-hybridized carbons (Fsp3) is 0.154. The second-order valence-electron chi connectivity index (χ2n) is 7.90. The standard InChI is InChI=1S/C13H12Br2N4OS.C7H4BrClO.C6H9BrN4S/c1-19(11-10(15)7-16-13(17-11)21-2)18-12(20)8-5-3-4-6-9(8)14;8-6-4-2-1-3-5(6)7(9)10;1-11(8)5-4(7)3-9-6(10-5)12-2/h3-7H,1-2H3,(H,18,20);1-4H;3H,8H2,1-2H3. The molecular formula is C26H25Br4ClN8O2S2. The molecular weight excluding hydrogens is 876 g/mol. The number of nitrogens with zero attached hydrogens (tertiary/aromatic N) is 6. The van der Waals surface area contributed by atoms with Crippen LogP contribution in [0.25, 0.3) is 0 Å². The predicted octanol–water partition coefficient (Wildman–Crippen LogP) is 7.60. The molecule has 0 saturated heterocycles. The molecule has 1 amide bonds. The summed E-state index contributed by atoms with van der Waals surface area (Å²) in [6.45, 7) is 0. The van der Waals surface area contributed by atoms with E-state index in [2.05, 4.69) is 89.1 Å². The van der Waals surface area contributed by atoms with Gasteiger partial charge < -0.3 is 0 Å². The van der Waals surface area contributed by atoms with E-state index in [1.807, 2.05) is 36.8 Å². The lowest BCUT2D eigenvalue weighted by Crippen LogP contribution is -2.40. The van der Waals surface area contributed by atoms with Crippen LogP contribution in [-0.2, 0) is 0 Å². The Hall–Kier alpha value is -1.79. The van der Waals surface area contributed by atoms with Gasteiger partial charge in [-0.05, 0) is 96.2 Å². The van der Waals surface area contributed by atoms with Crippen LogP contribution in [0, 0.1) is 0 Å². The maximum Gasteiger partial charge on any atom is 0.270 e. The van der Waals surface area contributed by atoms with Gasteiger partial charge in [0.2, 0.25) is 0 Å². The Balaban J connectivity index is 0.000000248. The molecule has 43 heavy (non-hydrogen) atoms. The van der Waals surface area contributed by atoms with Crippen molar-refractivity contribution in [3.63, 3.8) is 0 Å². The number of nitrogens with two attached hydrogens (primary N) is 1. The number of aromatic nitrogens is 4.